The average Bonchev–Trinajstić information content (AvgIpc) is 3.12. The molecule has 1 heterocycles. The van der Waals surface area contributed by atoms with E-state index in [1.54, 1.807) is 35.8 Å². The first-order chi connectivity index (χ1) is 14.9. The quantitative estimate of drug-likeness (QED) is 0.276. The van der Waals surface area contributed by atoms with E-state index in [0.717, 1.165) is 0 Å². The van der Waals surface area contributed by atoms with Gasteiger partial charge in [-0.2, -0.15) is 0 Å². The monoisotopic (exact) mass is 448 g/mol. The zero-order chi connectivity index (χ0) is 22.5. The Morgan fingerprint density at radius 2 is 1.71 bits per heavy atom. The number of nitrogens with zero attached hydrogens (tertiary/aromatic N) is 4. The number of ether oxygens (including phenoxy) is 3. The average molecular weight is 448 g/mol. The third kappa shape index (κ3) is 4.88. The van der Waals surface area contributed by atoms with Crippen LogP contribution in [0.1, 0.15) is 16.6 Å². The van der Waals surface area contributed by atoms with Gasteiger partial charge >= 0.3 is 0 Å². The summed E-state index contributed by atoms with van der Waals surface area (Å²) in [5.74, 6) is 1.37. The highest BCUT2D eigenvalue weighted by Crippen LogP contribution is 2.44. The first kappa shape index (κ1) is 22.3. The van der Waals surface area contributed by atoms with Crippen LogP contribution in [0, 0.1) is 22.9 Å². The standard InChI is InChI=1S/C20H21FN4O5S/c1-12-22-23-20(25(12)15-7-5-14(21)6-8-15)31-18(11-24(26)27)13-9-16(28-2)19(30-4)17(10-13)29-3/h5-10,18H,11H2,1-4H3/t18-/m0/s1. The van der Waals surface area contributed by atoms with Crippen molar-refractivity contribution in [1.29, 1.82) is 0 Å². The Kier molecular flexibility index (Phi) is 6.95. The molecule has 0 fully saturated rings. The van der Waals surface area contributed by atoms with Crippen molar-refractivity contribution in [2.75, 3.05) is 27.9 Å². The third-order valence-corrected chi connectivity index (χ3v) is 5.68. The van der Waals surface area contributed by atoms with Crippen molar-refractivity contribution in [1.82, 2.24) is 14.8 Å². The zero-order valence-electron chi connectivity index (χ0n) is 17.4. The summed E-state index contributed by atoms with van der Waals surface area (Å²) in [5, 5.41) is 19.5. The molecule has 0 bridgehead atoms. The number of methoxy groups -OCH3 is 3. The van der Waals surface area contributed by atoms with Gasteiger partial charge in [0.15, 0.2) is 16.7 Å². The number of rotatable bonds is 9. The highest BCUT2D eigenvalue weighted by Gasteiger charge is 2.26. The SMILES string of the molecule is COc1cc([C@H](C[N+](=O)[O-])Sc2nnc(C)n2-c2ccc(F)cc2)cc(OC)c1OC. The van der Waals surface area contributed by atoms with Gasteiger partial charge in [0.2, 0.25) is 12.3 Å². The second-order valence-electron chi connectivity index (χ2n) is 6.42. The first-order valence-corrected chi connectivity index (χ1v) is 10.0. The van der Waals surface area contributed by atoms with E-state index in [0.29, 0.717) is 39.5 Å². The number of hydrogen-bond acceptors (Lipinski definition) is 8. The molecule has 0 saturated heterocycles. The number of hydrogen-bond donors (Lipinski definition) is 0. The van der Waals surface area contributed by atoms with Gasteiger partial charge in [-0.3, -0.25) is 14.7 Å². The number of aryl methyl sites for hydroxylation is 1. The van der Waals surface area contributed by atoms with Crippen molar-refractivity contribution in [3.63, 3.8) is 0 Å². The van der Waals surface area contributed by atoms with Crippen molar-refractivity contribution < 1.29 is 23.5 Å². The minimum Gasteiger partial charge on any atom is -0.493 e. The van der Waals surface area contributed by atoms with Gasteiger partial charge in [0.1, 0.15) is 16.9 Å². The van der Waals surface area contributed by atoms with Crippen molar-refractivity contribution in [2.45, 2.75) is 17.3 Å². The molecule has 0 aliphatic rings. The predicted octanol–water partition coefficient (Wildman–Crippen LogP) is 3.85. The van der Waals surface area contributed by atoms with Crippen LogP contribution in [-0.2, 0) is 0 Å². The second kappa shape index (κ2) is 9.65. The maximum absolute atomic E-state index is 13.4. The van der Waals surface area contributed by atoms with Gasteiger partial charge in [-0.05, 0) is 48.9 Å². The molecule has 0 N–H and O–H groups in total. The maximum Gasteiger partial charge on any atom is 0.220 e. The summed E-state index contributed by atoms with van der Waals surface area (Å²) in [4.78, 5) is 11.0. The highest BCUT2D eigenvalue weighted by molar-refractivity contribution is 7.99. The van der Waals surface area contributed by atoms with E-state index in [-0.39, 0.29) is 12.4 Å². The lowest BCUT2D eigenvalue weighted by atomic mass is 10.1. The Bertz CT molecular complexity index is 1050. The number of nitro groups is 1. The molecular formula is C20H21FN4O5S. The van der Waals surface area contributed by atoms with Crippen molar-refractivity contribution >= 4 is 11.8 Å². The molecule has 1 atom stereocenters. The molecule has 0 aliphatic carbocycles. The molecule has 11 heteroatoms. The van der Waals surface area contributed by atoms with Crippen LogP contribution in [0.15, 0.2) is 41.6 Å². The fraction of sp³-hybridized carbons (Fsp3) is 0.300. The Morgan fingerprint density at radius 3 is 2.23 bits per heavy atom. The summed E-state index contributed by atoms with van der Waals surface area (Å²) in [7, 11) is 4.44. The third-order valence-electron chi connectivity index (χ3n) is 4.50. The lowest BCUT2D eigenvalue weighted by Gasteiger charge is -2.18. The smallest absolute Gasteiger partial charge is 0.220 e. The number of aromatic nitrogens is 3. The molecule has 0 aliphatic heterocycles. The lowest BCUT2D eigenvalue weighted by molar-refractivity contribution is -0.479. The number of thioether (sulfide) groups is 1. The van der Waals surface area contributed by atoms with Crippen LogP contribution < -0.4 is 14.2 Å². The summed E-state index contributed by atoms with van der Waals surface area (Å²) in [6.45, 7) is 1.38. The van der Waals surface area contributed by atoms with Gasteiger partial charge in [0.25, 0.3) is 0 Å². The Morgan fingerprint density at radius 1 is 1.10 bits per heavy atom. The largest absolute Gasteiger partial charge is 0.493 e. The van der Waals surface area contributed by atoms with Gasteiger partial charge in [0, 0.05) is 10.6 Å². The van der Waals surface area contributed by atoms with Crippen molar-refractivity contribution in [3.05, 3.63) is 63.7 Å². The fourth-order valence-electron chi connectivity index (χ4n) is 3.07. The zero-order valence-corrected chi connectivity index (χ0v) is 18.2. The molecule has 3 rings (SSSR count). The van der Waals surface area contributed by atoms with Gasteiger partial charge in [-0.1, -0.05) is 11.8 Å². The molecule has 0 spiro atoms. The minimum absolute atomic E-state index is 0.368. The van der Waals surface area contributed by atoms with E-state index in [2.05, 4.69) is 10.2 Å². The molecule has 164 valence electrons. The van der Waals surface area contributed by atoms with E-state index < -0.39 is 10.2 Å². The second-order valence-corrected chi connectivity index (χ2v) is 7.59. The Balaban J connectivity index is 2.05. The number of halogens is 1. The molecular weight excluding hydrogens is 427 g/mol. The summed E-state index contributed by atoms with van der Waals surface area (Å²) in [5.41, 5.74) is 1.25. The molecule has 31 heavy (non-hydrogen) atoms. The van der Waals surface area contributed by atoms with E-state index in [4.69, 9.17) is 14.2 Å². The van der Waals surface area contributed by atoms with Crippen molar-refractivity contribution in [3.8, 4) is 22.9 Å². The van der Waals surface area contributed by atoms with E-state index in [9.17, 15) is 14.5 Å². The molecule has 3 aromatic rings. The highest BCUT2D eigenvalue weighted by atomic mass is 32.2. The summed E-state index contributed by atoms with van der Waals surface area (Å²) in [6, 6.07) is 9.20. The molecule has 0 saturated carbocycles. The summed E-state index contributed by atoms with van der Waals surface area (Å²) < 4.78 is 31.2. The van der Waals surface area contributed by atoms with Crippen LogP contribution in [0.2, 0.25) is 0 Å². The lowest BCUT2D eigenvalue weighted by Crippen LogP contribution is -2.12. The van der Waals surface area contributed by atoms with E-state index in [1.165, 1.54) is 45.2 Å². The van der Waals surface area contributed by atoms with Crippen molar-refractivity contribution in [2.24, 2.45) is 0 Å². The molecule has 2 aromatic carbocycles. The van der Waals surface area contributed by atoms with Gasteiger partial charge < -0.3 is 14.2 Å². The summed E-state index contributed by atoms with van der Waals surface area (Å²) >= 11 is 1.17. The molecule has 0 unspecified atom stereocenters. The predicted molar refractivity (Wildman–Crippen MR) is 113 cm³/mol. The number of benzene rings is 2. The minimum atomic E-state index is -0.633. The van der Waals surface area contributed by atoms with Crippen LogP contribution in [0.3, 0.4) is 0 Å². The Hall–Kier alpha value is -3.34. The van der Waals surface area contributed by atoms with Crippen LogP contribution in [-0.4, -0.2) is 47.6 Å². The molecule has 9 nitrogen and oxygen atoms in total. The topological polar surface area (TPSA) is 102 Å². The Labute approximate surface area is 182 Å². The van der Waals surface area contributed by atoms with E-state index >= 15 is 0 Å². The van der Waals surface area contributed by atoms with Crippen LogP contribution in [0.25, 0.3) is 5.69 Å². The van der Waals surface area contributed by atoms with Gasteiger partial charge in [0.05, 0.1) is 21.3 Å². The molecule has 1 aromatic heterocycles. The van der Waals surface area contributed by atoms with Crippen LogP contribution >= 0.6 is 11.8 Å². The maximum atomic E-state index is 13.4. The molecule has 0 radical (unpaired) electrons. The summed E-state index contributed by atoms with van der Waals surface area (Å²) in [6.07, 6.45) is 0. The molecule has 0 amide bonds. The van der Waals surface area contributed by atoms with Crippen LogP contribution in [0.4, 0.5) is 4.39 Å². The van der Waals surface area contributed by atoms with Gasteiger partial charge in [-0.25, -0.2) is 4.39 Å². The fourth-order valence-corrected chi connectivity index (χ4v) is 4.22. The van der Waals surface area contributed by atoms with Gasteiger partial charge in [-0.15, -0.1) is 10.2 Å². The van der Waals surface area contributed by atoms with Crippen LogP contribution in [0.5, 0.6) is 17.2 Å². The van der Waals surface area contributed by atoms with E-state index in [1.807, 2.05) is 0 Å². The first-order valence-electron chi connectivity index (χ1n) is 9.14. The normalized spacial score (nSPS) is 11.8.